The predicted molar refractivity (Wildman–Crippen MR) is 145 cm³/mol. The third-order valence-corrected chi connectivity index (χ3v) is 7.16. The summed E-state index contributed by atoms with van der Waals surface area (Å²) >= 11 is 1.48. The average molecular weight is 547 g/mol. The number of carbonyl (C=O) groups excluding carboxylic acids is 3. The summed E-state index contributed by atoms with van der Waals surface area (Å²) in [5.74, 6) is -0.905. The Labute approximate surface area is 227 Å². The van der Waals surface area contributed by atoms with Crippen LogP contribution in [-0.2, 0) is 20.9 Å². The number of amides is 3. The molecule has 1 aliphatic heterocycles. The van der Waals surface area contributed by atoms with Crippen molar-refractivity contribution in [3.8, 4) is 16.2 Å². The molecular weight excluding hydrogens is 508 g/mol. The first-order valence-corrected chi connectivity index (χ1v) is 13.4. The van der Waals surface area contributed by atoms with Crippen LogP contribution in [0.5, 0.6) is 5.75 Å². The van der Waals surface area contributed by atoms with Gasteiger partial charge in [-0.05, 0) is 44.7 Å². The second-order valence-electron chi connectivity index (χ2n) is 11.7. The highest BCUT2D eigenvalue weighted by molar-refractivity contribution is 7.13. The van der Waals surface area contributed by atoms with Gasteiger partial charge in [0.2, 0.25) is 11.8 Å². The number of alkyl carbamates (subject to hydrolysis) is 1. The van der Waals surface area contributed by atoms with Crippen LogP contribution >= 0.6 is 11.3 Å². The van der Waals surface area contributed by atoms with Crippen molar-refractivity contribution in [2.75, 3.05) is 6.54 Å². The number of thiazole rings is 1. The topological polar surface area (TPSA) is 141 Å². The van der Waals surface area contributed by atoms with Gasteiger partial charge in [0, 0.05) is 25.1 Å². The lowest BCUT2D eigenvalue weighted by Crippen LogP contribution is -2.58. The van der Waals surface area contributed by atoms with Crippen LogP contribution in [0.2, 0.25) is 0 Å². The van der Waals surface area contributed by atoms with Crippen molar-refractivity contribution >= 4 is 29.2 Å². The minimum Gasteiger partial charge on any atom is -0.508 e. The van der Waals surface area contributed by atoms with Crippen molar-refractivity contribution in [1.29, 1.82) is 0 Å². The summed E-state index contributed by atoms with van der Waals surface area (Å²) in [5.41, 5.74) is 2.53. The number of aromatic nitrogens is 1. The Morgan fingerprint density at radius 3 is 2.45 bits per heavy atom. The Bertz CT molecular complexity index is 1180. The molecule has 208 valence electrons. The molecule has 11 heteroatoms. The molecule has 0 bridgehead atoms. The van der Waals surface area contributed by atoms with Gasteiger partial charge >= 0.3 is 6.09 Å². The fourth-order valence-electron chi connectivity index (χ4n) is 4.28. The molecule has 3 amide bonds. The number of benzene rings is 1. The van der Waals surface area contributed by atoms with Crippen LogP contribution in [-0.4, -0.2) is 68.3 Å². The number of aryl methyl sites for hydroxylation is 1. The van der Waals surface area contributed by atoms with E-state index in [9.17, 15) is 24.6 Å². The Morgan fingerprint density at radius 2 is 1.89 bits per heavy atom. The van der Waals surface area contributed by atoms with E-state index in [-0.39, 0.29) is 25.3 Å². The Balaban J connectivity index is 1.71. The van der Waals surface area contributed by atoms with E-state index in [2.05, 4.69) is 15.6 Å². The molecule has 0 unspecified atom stereocenters. The normalized spacial score (nSPS) is 18.7. The largest absolute Gasteiger partial charge is 0.508 e. The SMILES string of the molecule is Cc1ncsc1-c1ccc(CNC(=O)[C@H]2C[C@@H](O)CN2C(=O)[C@@H](NC(=O)OC(C)(C)C)C(C)(C)C)c(O)c1. The van der Waals surface area contributed by atoms with E-state index in [1.165, 1.54) is 16.2 Å². The molecule has 4 N–H and O–H groups in total. The van der Waals surface area contributed by atoms with E-state index in [4.69, 9.17) is 4.74 Å². The van der Waals surface area contributed by atoms with Gasteiger partial charge in [0.15, 0.2) is 0 Å². The molecule has 1 aromatic heterocycles. The number of β-amino-alcohol motifs (C(OH)–C–C–N with tert-alkyl or cyclic N) is 1. The number of phenolic OH excluding ortho intramolecular Hbond substituents is 1. The van der Waals surface area contributed by atoms with E-state index in [1.54, 1.807) is 59.2 Å². The molecule has 2 aromatic rings. The molecule has 1 saturated heterocycles. The number of nitrogens with one attached hydrogen (secondary N) is 2. The number of nitrogens with zero attached hydrogens (tertiary/aromatic N) is 2. The van der Waals surface area contributed by atoms with E-state index >= 15 is 0 Å². The van der Waals surface area contributed by atoms with Crippen LogP contribution < -0.4 is 10.6 Å². The Kier molecular flexibility index (Phi) is 8.72. The summed E-state index contributed by atoms with van der Waals surface area (Å²) < 4.78 is 5.33. The van der Waals surface area contributed by atoms with E-state index in [0.717, 1.165) is 16.1 Å². The van der Waals surface area contributed by atoms with Crippen molar-refractivity contribution in [3.63, 3.8) is 0 Å². The number of aliphatic hydroxyl groups excluding tert-OH is 1. The van der Waals surface area contributed by atoms with Crippen molar-refractivity contribution in [1.82, 2.24) is 20.5 Å². The highest BCUT2D eigenvalue weighted by Gasteiger charge is 2.44. The Morgan fingerprint density at radius 1 is 1.21 bits per heavy atom. The third-order valence-electron chi connectivity index (χ3n) is 6.18. The third kappa shape index (κ3) is 7.22. The fourth-order valence-corrected chi connectivity index (χ4v) is 5.08. The van der Waals surface area contributed by atoms with Crippen LogP contribution in [0.1, 0.15) is 59.2 Å². The van der Waals surface area contributed by atoms with Gasteiger partial charge in [0.1, 0.15) is 23.4 Å². The van der Waals surface area contributed by atoms with Gasteiger partial charge in [-0.3, -0.25) is 9.59 Å². The van der Waals surface area contributed by atoms with Crippen LogP contribution in [0.15, 0.2) is 23.7 Å². The second kappa shape index (κ2) is 11.3. The number of carbonyl (C=O) groups is 3. The highest BCUT2D eigenvalue weighted by Crippen LogP contribution is 2.31. The van der Waals surface area contributed by atoms with Crippen molar-refractivity contribution < 1.29 is 29.3 Å². The molecule has 3 atom stereocenters. The first kappa shape index (κ1) is 29.4. The van der Waals surface area contributed by atoms with Crippen molar-refractivity contribution in [3.05, 3.63) is 35.0 Å². The molecule has 0 saturated carbocycles. The maximum Gasteiger partial charge on any atom is 0.408 e. The standard InChI is InChI=1S/C27H38N4O6S/c1-15-21(38-14-29-15)16-8-9-17(20(33)10-16)12-28-23(34)19-11-18(32)13-31(19)24(35)22(26(2,3)4)30-25(36)37-27(5,6)7/h8-10,14,18-19,22,32-33H,11-13H2,1-7H3,(H,28,34)(H,30,36)/t18-,19-,22-/m1/s1. The van der Waals surface area contributed by atoms with Gasteiger partial charge in [0.05, 0.1) is 22.2 Å². The number of aromatic hydroxyl groups is 1. The number of likely N-dealkylation sites (tertiary alicyclic amines) is 1. The molecule has 38 heavy (non-hydrogen) atoms. The van der Waals surface area contributed by atoms with Gasteiger partial charge in [-0.1, -0.05) is 32.9 Å². The van der Waals surface area contributed by atoms with Crippen molar-refractivity contribution in [2.24, 2.45) is 5.41 Å². The van der Waals surface area contributed by atoms with Gasteiger partial charge in [-0.2, -0.15) is 0 Å². The van der Waals surface area contributed by atoms with Gasteiger partial charge < -0.3 is 30.5 Å². The van der Waals surface area contributed by atoms with Crippen molar-refractivity contribution in [2.45, 2.75) is 85.2 Å². The molecule has 0 spiro atoms. The highest BCUT2D eigenvalue weighted by atomic mass is 32.1. The molecule has 1 aliphatic rings. The predicted octanol–water partition coefficient (Wildman–Crippen LogP) is 3.34. The number of aliphatic hydroxyl groups is 1. The lowest BCUT2D eigenvalue weighted by molar-refractivity contribution is -0.142. The van der Waals surface area contributed by atoms with Crippen LogP contribution in [0.3, 0.4) is 0 Å². The van der Waals surface area contributed by atoms with Crippen LogP contribution in [0.25, 0.3) is 10.4 Å². The minimum absolute atomic E-state index is 0.0318. The van der Waals surface area contributed by atoms with Gasteiger partial charge in [0.25, 0.3) is 0 Å². The second-order valence-corrected chi connectivity index (χ2v) is 12.5. The van der Waals surface area contributed by atoms with E-state index in [0.29, 0.717) is 5.56 Å². The van der Waals surface area contributed by atoms with Crippen LogP contribution in [0, 0.1) is 12.3 Å². The number of hydrogen-bond donors (Lipinski definition) is 4. The maximum atomic E-state index is 13.6. The smallest absolute Gasteiger partial charge is 0.408 e. The zero-order chi connectivity index (χ0) is 28.4. The number of phenols is 1. The van der Waals surface area contributed by atoms with Gasteiger partial charge in [-0.25, -0.2) is 9.78 Å². The van der Waals surface area contributed by atoms with Gasteiger partial charge in [-0.15, -0.1) is 11.3 Å². The number of ether oxygens (including phenoxy) is 1. The molecule has 0 radical (unpaired) electrons. The number of hydrogen-bond acceptors (Lipinski definition) is 8. The van der Waals surface area contributed by atoms with Crippen LogP contribution in [0.4, 0.5) is 4.79 Å². The summed E-state index contributed by atoms with van der Waals surface area (Å²) in [4.78, 5) is 45.7. The lowest BCUT2D eigenvalue weighted by Gasteiger charge is -2.35. The van der Waals surface area contributed by atoms with E-state index in [1.807, 2.05) is 13.0 Å². The molecule has 3 rings (SSSR count). The quantitative estimate of drug-likeness (QED) is 0.435. The minimum atomic E-state index is -0.982. The summed E-state index contributed by atoms with van der Waals surface area (Å²) in [6.45, 7) is 12.5. The molecule has 1 fully saturated rings. The average Bonchev–Trinajstić information content (AvgIpc) is 3.39. The fraction of sp³-hybridized carbons (Fsp3) is 0.556. The molecule has 10 nitrogen and oxygen atoms in total. The Hall–Kier alpha value is -3.18. The zero-order valence-electron chi connectivity index (χ0n) is 23.0. The number of rotatable bonds is 6. The zero-order valence-corrected chi connectivity index (χ0v) is 23.8. The summed E-state index contributed by atoms with van der Waals surface area (Å²) in [6.07, 6.45) is -1.55. The maximum absolute atomic E-state index is 13.6. The summed E-state index contributed by atoms with van der Waals surface area (Å²) in [7, 11) is 0. The lowest BCUT2D eigenvalue weighted by atomic mass is 9.85. The van der Waals surface area contributed by atoms with E-state index < -0.39 is 47.1 Å². The summed E-state index contributed by atoms with van der Waals surface area (Å²) in [5, 5.41) is 26.3. The molecule has 2 heterocycles. The summed E-state index contributed by atoms with van der Waals surface area (Å²) in [6, 6.07) is 3.31. The molecular formula is C27H38N4O6S. The first-order chi connectivity index (χ1) is 17.6. The molecule has 0 aliphatic carbocycles. The molecule has 1 aromatic carbocycles. The monoisotopic (exact) mass is 546 g/mol. The first-order valence-electron chi connectivity index (χ1n) is 12.5.